The second kappa shape index (κ2) is 50.8. The first-order valence-electron chi connectivity index (χ1n) is 28.7. The van der Waals surface area contributed by atoms with Crippen LogP contribution in [-0.2, 0) is 28.6 Å². The van der Waals surface area contributed by atoms with Crippen molar-refractivity contribution in [2.24, 2.45) is 11.8 Å². The van der Waals surface area contributed by atoms with E-state index < -0.39 is 6.10 Å². The van der Waals surface area contributed by atoms with Gasteiger partial charge in [-0.2, -0.15) is 0 Å². The maximum Gasteiger partial charge on any atom is 0.306 e. The van der Waals surface area contributed by atoms with Crippen molar-refractivity contribution in [3.8, 4) is 0 Å². The van der Waals surface area contributed by atoms with Crippen molar-refractivity contribution >= 4 is 17.9 Å². The quantitative estimate of drug-likeness (QED) is 0.0344. The van der Waals surface area contributed by atoms with Crippen molar-refractivity contribution in [3.05, 3.63) is 0 Å². The van der Waals surface area contributed by atoms with Gasteiger partial charge in [0.25, 0.3) is 0 Å². The smallest absolute Gasteiger partial charge is 0.306 e. The lowest BCUT2D eigenvalue weighted by atomic mass is 10.0. The molecular formula is C58H112O6. The zero-order chi connectivity index (χ0) is 46.8. The number of rotatable bonds is 52. The fourth-order valence-electron chi connectivity index (χ4n) is 8.87. The van der Waals surface area contributed by atoms with E-state index in [9.17, 15) is 14.4 Å². The number of carbonyl (C=O) groups excluding carboxylic acids is 3. The van der Waals surface area contributed by atoms with E-state index in [0.717, 1.165) is 69.6 Å². The molecule has 0 N–H and O–H groups in total. The fraction of sp³-hybridized carbons (Fsp3) is 0.948. The molecule has 0 rings (SSSR count). The lowest BCUT2D eigenvalue weighted by molar-refractivity contribution is -0.167. The standard InChI is InChI=1S/C58H112O6/c1-6-7-8-9-10-11-12-13-14-15-20-23-26-29-34-40-45-50-58(61)64-55(52-63-57(60)49-44-39-35-30-32-37-42-47-54(4)5)51-62-56(59)48-43-38-33-28-25-22-19-17-16-18-21-24-27-31-36-41-46-53(2)3/h53-55H,6-52H2,1-5H3/t55-/m1/s1. The van der Waals surface area contributed by atoms with E-state index in [1.54, 1.807) is 0 Å². The van der Waals surface area contributed by atoms with Crippen molar-refractivity contribution in [2.45, 2.75) is 330 Å². The maximum absolute atomic E-state index is 12.8. The van der Waals surface area contributed by atoms with Crippen LogP contribution < -0.4 is 0 Å². The molecule has 0 aromatic rings. The topological polar surface area (TPSA) is 78.9 Å². The van der Waals surface area contributed by atoms with E-state index >= 15 is 0 Å². The molecule has 0 amide bonds. The Bertz CT molecular complexity index is 978. The lowest BCUT2D eigenvalue weighted by Gasteiger charge is -2.18. The molecule has 64 heavy (non-hydrogen) atoms. The Labute approximate surface area is 399 Å². The Morgan fingerprint density at radius 3 is 0.766 bits per heavy atom. The van der Waals surface area contributed by atoms with Gasteiger partial charge >= 0.3 is 17.9 Å². The Morgan fingerprint density at radius 1 is 0.297 bits per heavy atom. The van der Waals surface area contributed by atoms with Gasteiger partial charge in [-0.1, -0.05) is 285 Å². The summed E-state index contributed by atoms with van der Waals surface area (Å²) in [7, 11) is 0. The summed E-state index contributed by atoms with van der Waals surface area (Å²) >= 11 is 0. The summed E-state index contributed by atoms with van der Waals surface area (Å²) in [5.74, 6) is 0.791. The first-order chi connectivity index (χ1) is 31.2. The zero-order valence-electron chi connectivity index (χ0n) is 43.9. The summed E-state index contributed by atoms with van der Waals surface area (Å²) in [5, 5.41) is 0. The molecule has 0 aliphatic carbocycles. The highest BCUT2D eigenvalue weighted by atomic mass is 16.6. The summed E-state index contributed by atoms with van der Waals surface area (Å²) in [4.78, 5) is 38.1. The predicted molar refractivity (Wildman–Crippen MR) is 275 cm³/mol. The van der Waals surface area contributed by atoms with E-state index in [0.29, 0.717) is 19.3 Å². The molecule has 6 nitrogen and oxygen atoms in total. The zero-order valence-corrected chi connectivity index (χ0v) is 43.9. The van der Waals surface area contributed by atoms with E-state index in [2.05, 4.69) is 34.6 Å². The van der Waals surface area contributed by atoms with Gasteiger partial charge in [0.05, 0.1) is 0 Å². The van der Waals surface area contributed by atoms with Crippen LogP contribution in [0.4, 0.5) is 0 Å². The van der Waals surface area contributed by atoms with Gasteiger partial charge in [-0.25, -0.2) is 0 Å². The molecule has 380 valence electrons. The highest BCUT2D eigenvalue weighted by Gasteiger charge is 2.19. The number of hydrogen-bond acceptors (Lipinski definition) is 6. The van der Waals surface area contributed by atoms with Gasteiger partial charge in [-0.3, -0.25) is 14.4 Å². The molecule has 0 aliphatic heterocycles. The molecule has 6 heteroatoms. The Hall–Kier alpha value is -1.59. The summed E-state index contributed by atoms with van der Waals surface area (Å²) in [5.41, 5.74) is 0. The van der Waals surface area contributed by atoms with Crippen LogP contribution in [0.1, 0.15) is 324 Å². The second-order valence-corrected chi connectivity index (χ2v) is 20.9. The Morgan fingerprint density at radius 2 is 0.516 bits per heavy atom. The molecule has 0 spiro atoms. The van der Waals surface area contributed by atoms with Crippen LogP contribution in [0.5, 0.6) is 0 Å². The molecule has 0 saturated heterocycles. The Balaban J connectivity index is 4.23. The van der Waals surface area contributed by atoms with E-state index in [1.807, 2.05) is 0 Å². The summed E-state index contributed by atoms with van der Waals surface area (Å²) in [6.07, 6.45) is 53.9. The molecule has 0 unspecified atom stereocenters. The molecule has 0 aromatic carbocycles. The highest BCUT2D eigenvalue weighted by Crippen LogP contribution is 2.18. The van der Waals surface area contributed by atoms with Crippen molar-refractivity contribution in [3.63, 3.8) is 0 Å². The first kappa shape index (κ1) is 62.4. The highest BCUT2D eigenvalue weighted by molar-refractivity contribution is 5.71. The minimum atomic E-state index is -0.763. The summed E-state index contributed by atoms with van der Waals surface area (Å²) in [6.45, 7) is 11.4. The fourth-order valence-corrected chi connectivity index (χ4v) is 8.87. The third-order valence-electron chi connectivity index (χ3n) is 13.2. The monoisotopic (exact) mass is 905 g/mol. The summed E-state index contributed by atoms with van der Waals surface area (Å²) in [6, 6.07) is 0. The molecule has 0 heterocycles. The Kier molecular flexibility index (Phi) is 49.6. The maximum atomic E-state index is 12.8. The van der Waals surface area contributed by atoms with Crippen LogP contribution in [0.25, 0.3) is 0 Å². The van der Waals surface area contributed by atoms with Gasteiger partial charge in [0, 0.05) is 19.3 Å². The molecule has 1 atom stereocenters. The molecular weight excluding hydrogens is 793 g/mol. The van der Waals surface area contributed by atoms with Gasteiger partial charge in [-0.15, -0.1) is 0 Å². The lowest BCUT2D eigenvalue weighted by Crippen LogP contribution is -2.30. The molecule has 0 bridgehead atoms. The molecule has 0 aliphatic rings. The molecule has 0 aromatic heterocycles. The van der Waals surface area contributed by atoms with Gasteiger partial charge in [0.1, 0.15) is 13.2 Å². The van der Waals surface area contributed by atoms with Crippen molar-refractivity contribution in [1.82, 2.24) is 0 Å². The minimum Gasteiger partial charge on any atom is -0.462 e. The van der Waals surface area contributed by atoms with Gasteiger partial charge in [-0.05, 0) is 31.1 Å². The van der Waals surface area contributed by atoms with Crippen LogP contribution in [0.2, 0.25) is 0 Å². The van der Waals surface area contributed by atoms with Crippen LogP contribution >= 0.6 is 0 Å². The number of hydrogen-bond donors (Lipinski definition) is 0. The third-order valence-corrected chi connectivity index (χ3v) is 13.2. The van der Waals surface area contributed by atoms with E-state index in [-0.39, 0.29) is 31.1 Å². The first-order valence-corrected chi connectivity index (χ1v) is 28.7. The number of ether oxygens (including phenoxy) is 3. The van der Waals surface area contributed by atoms with Crippen molar-refractivity contribution in [1.29, 1.82) is 0 Å². The average Bonchev–Trinajstić information content (AvgIpc) is 3.27. The van der Waals surface area contributed by atoms with Crippen molar-refractivity contribution < 1.29 is 28.6 Å². The predicted octanol–water partition coefficient (Wildman–Crippen LogP) is 18.9. The molecule has 0 radical (unpaired) electrons. The van der Waals surface area contributed by atoms with Gasteiger partial charge in [0.2, 0.25) is 0 Å². The summed E-state index contributed by atoms with van der Waals surface area (Å²) < 4.78 is 16.9. The van der Waals surface area contributed by atoms with E-state index in [1.165, 1.54) is 212 Å². The number of carbonyl (C=O) groups is 3. The number of unbranched alkanes of at least 4 members (excludes halogenated alkanes) is 37. The third kappa shape index (κ3) is 51.4. The van der Waals surface area contributed by atoms with Crippen molar-refractivity contribution in [2.75, 3.05) is 13.2 Å². The average molecular weight is 906 g/mol. The van der Waals surface area contributed by atoms with Crippen LogP contribution in [0, 0.1) is 11.8 Å². The van der Waals surface area contributed by atoms with Crippen LogP contribution in [0.3, 0.4) is 0 Å². The molecule has 0 saturated carbocycles. The van der Waals surface area contributed by atoms with Gasteiger partial charge in [0.15, 0.2) is 6.10 Å². The minimum absolute atomic E-state index is 0.0633. The van der Waals surface area contributed by atoms with E-state index in [4.69, 9.17) is 14.2 Å². The van der Waals surface area contributed by atoms with Crippen LogP contribution in [0.15, 0.2) is 0 Å². The number of esters is 3. The van der Waals surface area contributed by atoms with Crippen LogP contribution in [-0.4, -0.2) is 37.2 Å². The normalized spacial score (nSPS) is 12.0. The van der Waals surface area contributed by atoms with Gasteiger partial charge < -0.3 is 14.2 Å². The second-order valence-electron chi connectivity index (χ2n) is 20.9. The largest absolute Gasteiger partial charge is 0.462 e. The molecule has 0 fully saturated rings. The SMILES string of the molecule is CCCCCCCCCCCCCCCCCCCC(=O)O[C@H](COC(=O)CCCCCCCCCCCCCCCCCCC(C)C)COC(=O)CCCCCCCCCC(C)C.